The fourth-order valence-electron chi connectivity index (χ4n) is 0.172. The van der Waals surface area contributed by atoms with Crippen LogP contribution < -0.4 is 0 Å². The van der Waals surface area contributed by atoms with Gasteiger partial charge in [-0.1, -0.05) is 29.8 Å². The standard InChI is InChI=1S/C5H6ClF/c6-4-2-1-3-5-7/h1-4H,5H2/b3-1-,4-2+. The lowest BCUT2D eigenvalue weighted by Gasteiger charge is -1.67. The van der Waals surface area contributed by atoms with Crippen molar-refractivity contribution >= 4 is 11.6 Å². The van der Waals surface area contributed by atoms with Crippen molar-refractivity contribution in [2.24, 2.45) is 0 Å². The van der Waals surface area contributed by atoms with Gasteiger partial charge < -0.3 is 0 Å². The molecule has 0 nitrogen and oxygen atoms in total. The van der Waals surface area contributed by atoms with E-state index >= 15 is 0 Å². The summed E-state index contributed by atoms with van der Waals surface area (Å²) in [6, 6.07) is 0. The summed E-state index contributed by atoms with van der Waals surface area (Å²) in [6.45, 7) is -0.429. The van der Waals surface area contributed by atoms with Crippen LogP contribution in [0.5, 0.6) is 0 Å². The molecule has 0 fully saturated rings. The van der Waals surface area contributed by atoms with Gasteiger partial charge in [-0.25, -0.2) is 4.39 Å². The van der Waals surface area contributed by atoms with Gasteiger partial charge in [0, 0.05) is 5.54 Å². The first-order valence-electron chi connectivity index (χ1n) is 1.89. The topological polar surface area (TPSA) is 0 Å². The second-order valence-corrected chi connectivity index (χ2v) is 1.15. The predicted octanol–water partition coefficient (Wildman–Crippen LogP) is 2.26. The van der Waals surface area contributed by atoms with E-state index in [9.17, 15) is 4.39 Å². The third kappa shape index (κ3) is 5.70. The van der Waals surface area contributed by atoms with E-state index in [2.05, 4.69) is 0 Å². The molecule has 0 unspecified atom stereocenters. The van der Waals surface area contributed by atoms with Crippen LogP contribution in [0.15, 0.2) is 23.8 Å². The largest absolute Gasteiger partial charge is 0.247 e. The molecule has 0 aromatic carbocycles. The van der Waals surface area contributed by atoms with Gasteiger partial charge in [0.25, 0.3) is 0 Å². The van der Waals surface area contributed by atoms with Gasteiger partial charge in [-0.15, -0.1) is 0 Å². The Hall–Kier alpha value is -0.300. The molecule has 0 saturated heterocycles. The molecular weight excluding hydrogens is 115 g/mol. The molecule has 0 aliphatic heterocycles. The molecule has 40 valence electrons. The fraction of sp³-hybridized carbons (Fsp3) is 0.200. The van der Waals surface area contributed by atoms with Crippen LogP contribution in [0.4, 0.5) is 4.39 Å². The van der Waals surface area contributed by atoms with Crippen molar-refractivity contribution in [2.75, 3.05) is 6.67 Å². The second kappa shape index (κ2) is 5.70. The summed E-state index contributed by atoms with van der Waals surface area (Å²) < 4.78 is 11.2. The lowest BCUT2D eigenvalue weighted by Crippen LogP contribution is -1.55. The van der Waals surface area contributed by atoms with E-state index in [1.54, 1.807) is 12.2 Å². The minimum atomic E-state index is -0.429. The lowest BCUT2D eigenvalue weighted by molar-refractivity contribution is 0.562. The van der Waals surface area contributed by atoms with E-state index in [-0.39, 0.29) is 0 Å². The maximum atomic E-state index is 11.2. The third-order valence-electron chi connectivity index (χ3n) is 0.409. The summed E-state index contributed by atoms with van der Waals surface area (Å²) in [5.41, 5.74) is 1.33. The SMILES string of the molecule is FC/C=C\C=C\Cl. The smallest absolute Gasteiger partial charge is 0.108 e. The number of allylic oxidation sites excluding steroid dienone is 3. The van der Waals surface area contributed by atoms with E-state index in [0.29, 0.717) is 0 Å². The first kappa shape index (κ1) is 6.70. The van der Waals surface area contributed by atoms with Gasteiger partial charge in [0.1, 0.15) is 6.67 Å². The summed E-state index contributed by atoms with van der Waals surface area (Å²) in [6.07, 6.45) is 4.48. The number of hydrogen-bond donors (Lipinski definition) is 0. The summed E-state index contributed by atoms with van der Waals surface area (Å²) in [5.74, 6) is 0. The van der Waals surface area contributed by atoms with Crippen LogP contribution in [0.25, 0.3) is 0 Å². The average molecular weight is 121 g/mol. The number of alkyl halides is 1. The maximum Gasteiger partial charge on any atom is 0.108 e. The summed E-state index contributed by atoms with van der Waals surface area (Å²) in [4.78, 5) is 0. The molecule has 0 aliphatic rings. The van der Waals surface area contributed by atoms with Crippen LogP contribution in [-0.4, -0.2) is 6.67 Å². The van der Waals surface area contributed by atoms with Crippen molar-refractivity contribution in [2.45, 2.75) is 0 Å². The molecule has 0 heterocycles. The first-order chi connectivity index (χ1) is 3.41. The Labute approximate surface area is 47.3 Å². The Kier molecular flexibility index (Phi) is 5.46. The van der Waals surface area contributed by atoms with Gasteiger partial charge in [-0.3, -0.25) is 0 Å². The first-order valence-corrected chi connectivity index (χ1v) is 2.33. The van der Waals surface area contributed by atoms with Gasteiger partial charge in [-0.2, -0.15) is 0 Å². The van der Waals surface area contributed by atoms with Crippen LogP contribution in [0.3, 0.4) is 0 Å². The summed E-state index contributed by atoms with van der Waals surface area (Å²) in [5, 5.41) is 0. The minimum Gasteiger partial charge on any atom is -0.247 e. The Bertz CT molecular complexity index is 76.1. The van der Waals surface area contributed by atoms with E-state index < -0.39 is 6.67 Å². The zero-order valence-electron chi connectivity index (χ0n) is 3.77. The molecule has 7 heavy (non-hydrogen) atoms. The molecule has 0 aromatic heterocycles. The van der Waals surface area contributed by atoms with Crippen molar-refractivity contribution in [1.29, 1.82) is 0 Å². The fourth-order valence-corrected chi connectivity index (χ4v) is 0.256. The zero-order valence-corrected chi connectivity index (χ0v) is 4.53. The molecule has 0 N–H and O–H groups in total. The van der Waals surface area contributed by atoms with Crippen molar-refractivity contribution in [3.8, 4) is 0 Å². The average Bonchev–Trinajstić information content (AvgIpc) is 1.69. The highest BCUT2D eigenvalue weighted by Crippen LogP contribution is 1.80. The number of hydrogen-bond acceptors (Lipinski definition) is 0. The quantitative estimate of drug-likeness (QED) is 0.491. The van der Waals surface area contributed by atoms with Crippen LogP contribution in [-0.2, 0) is 0 Å². The molecule has 0 atom stereocenters. The van der Waals surface area contributed by atoms with Crippen LogP contribution in [0.2, 0.25) is 0 Å². The van der Waals surface area contributed by atoms with Gasteiger partial charge in [0.05, 0.1) is 0 Å². The second-order valence-electron chi connectivity index (χ2n) is 0.901. The Morgan fingerprint density at radius 1 is 1.43 bits per heavy atom. The van der Waals surface area contributed by atoms with E-state index in [1.165, 1.54) is 11.6 Å². The molecule has 0 amide bonds. The zero-order chi connectivity index (χ0) is 5.54. The normalized spacial score (nSPS) is 11.7. The van der Waals surface area contributed by atoms with E-state index in [1.807, 2.05) is 0 Å². The van der Waals surface area contributed by atoms with Crippen molar-refractivity contribution < 1.29 is 4.39 Å². The summed E-state index contributed by atoms with van der Waals surface area (Å²) >= 11 is 5.08. The van der Waals surface area contributed by atoms with Crippen molar-refractivity contribution in [1.82, 2.24) is 0 Å². The van der Waals surface area contributed by atoms with Crippen molar-refractivity contribution in [3.63, 3.8) is 0 Å². The van der Waals surface area contributed by atoms with Gasteiger partial charge >= 0.3 is 0 Å². The minimum absolute atomic E-state index is 0.429. The van der Waals surface area contributed by atoms with E-state index in [4.69, 9.17) is 11.6 Å². The monoisotopic (exact) mass is 120 g/mol. The Morgan fingerprint density at radius 3 is 2.57 bits per heavy atom. The van der Waals surface area contributed by atoms with Gasteiger partial charge in [0.15, 0.2) is 0 Å². The Morgan fingerprint density at radius 2 is 2.14 bits per heavy atom. The van der Waals surface area contributed by atoms with Crippen molar-refractivity contribution in [3.05, 3.63) is 23.8 Å². The molecule has 0 radical (unpaired) electrons. The number of halogens is 2. The lowest BCUT2D eigenvalue weighted by atomic mass is 10.5. The molecule has 0 saturated carbocycles. The van der Waals surface area contributed by atoms with Crippen LogP contribution in [0, 0.1) is 0 Å². The van der Waals surface area contributed by atoms with Crippen LogP contribution in [0.1, 0.15) is 0 Å². The van der Waals surface area contributed by atoms with Crippen LogP contribution >= 0.6 is 11.6 Å². The highest BCUT2D eigenvalue weighted by Gasteiger charge is 1.61. The summed E-state index contributed by atoms with van der Waals surface area (Å²) in [7, 11) is 0. The predicted molar refractivity (Wildman–Crippen MR) is 30.1 cm³/mol. The van der Waals surface area contributed by atoms with Gasteiger partial charge in [0.2, 0.25) is 0 Å². The molecule has 0 bridgehead atoms. The van der Waals surface area contributed by atoms with E-state index in [0.717, 1.165) is 0 Å². The Balaban J connectivity index is 3.09. The maximum absolute atomic E-state index is 11.2. The molecular formula is C5H6ClF. The molecule has 0 aromatic rings. The highest BCUT2D eigenvalue weighted by atomic mass is 35.5. The molecule has 2 heteroatoms. The molecule has 0 spiro atoms. The third-order valence-corrected chi connectivity index (χ3v) is 0.554. The molecule has 0 aliphatic carbocycles. The number of rotatable bonds is 2. The molecule has 0 rings (SSSR count). The van der Waals surface area contributed by atoms with Gasteiger partial charge in [-0.05, 0) is 0 Å². The highest BCUT2D eigenvalue weighted by molar-refractivity contribution is 6.25.